The van der Waals surface area contributed by atoms with Crippen molar-refractivity contribution in [1.82, 2.24) is 15.1 Å². The summed E-state index contributed by atoms with van der Waals surface area (Å²) in [5.41, 5.74) is 1.44. The van der Waals surface area contributed by atoms with Crippen LogP contribution in [-0.4, -0.2) is 21.6 Å². The number of hydrogen-bond acceptors (Lipinski definition) is 6. The molecule has 0 fully saturated rings. The Bertz CT molecular complexity index is 732. The topological polar surface area (TPSA) is 42.2 Å². The Kier molecular flexibility index (Phi) is 3.37. The van der Waals surface area contributed by atoms with Crippen molar-refractivity contribution in [3.63, 3.8) is 0 Å². The molecule has 0 radical (unpaired) electrons. The third-order valence-electron chi connectivity index (χ3n) is 3.78. The van der Waals surface area contributed by atoms with E-state index in [0.717, 1.165) is 13.0 Å². The number of aryl methyl sites for hydroxylation is 1. The quantitative estimate of drug-likeness (QED) is 0.739. The summed E-state index contributed by atoms with van der Waals surface area (Å²) in [6.07, 6.45) is 1.10. The lowest BCUT2D eigenvalue weighted by molar-refractivity contribution is 0.188. The van der Waals surface area contributed by atoms with Crippen LogP contribution < -0.4 is 0 Å². The second-order valence-corrected chi connectivity index (χ2v) is 7.13. The first-order valence-corrected chi connectivity index (χ1v) is 8.70. The van der Waals surface area contributed by atoms with Crippen LogP contribution in [0.3, 0.4) is 0 Å². The molecule has 1 atom stereocenters. The van der Waals surface area contributed by atoms with Crippen LogP contribution in [0.25, 0.3) is 0 Å². The van der Waals surface area contributed by atoms with Crippen molar-refractivity contribution in [2.24, 2.45) is 0 Å². The normalized spacial score (nSPS) is 18.8. The SMILES string of the molecule is Cc1nnc(CN2CCc3sccc3[C@H]2c2cccs2)o1. The molecule has 0 saturated carbocycles. The van der Waals surface area contributed by atoms with Gasteiger partial charge >= 0.3 is 0 Å². The van der Waals surface area contributed by atoms with Crippen LogP contribution in [0.15, 0.2) is 33.4 Å². The molecule has 1 aliphatic rings. The fourth-order valence-electron chi connectivity index (χ4n) is 2.89. The van der Waals surface area contributed by atoms with Gasteiger partial charge in [0.1, 0.15) is 0 Å². The molecule has 0 unspecified atom stereocenters. The molecule has 4 heterocycles. The van der Waals surface area contributed by atoms with Crippen molar-refractivity contribution in [3.05, 3.63) is 56.1 Å². The summed E-state index contributed by atoms with van der Waals surface area (Å²) in [5.74, 6) is 1.33. The largest absolute Gasteiger partial charge is 0.424 e. The third-order valence-corrected chi connectivity index (χ3v) is 5.71. The summed E-state index contributed by atoms with van der Waals surface area (Å²) in [6.45, 7) is 3.57. The molecule has 4 rings (SSSR count). The smallest absolute Gasteiger partial charge is 0.230 e. The zero-order valence-corrected chi connectivity index (χ0v) is 13.3. The molecule has 1 aliphatic heterocycles. The Morgan fingerprint density at radius 1 is 1.29 bits per heavy atom. The summed E-state index contributed by atoms with van der Waals surface area (Å²) < 4.78 is 5.56. The van der Waals surface area contributed by atoms with E-state index in [-0.39, 0.29) is 0 Å². The minimum Gasteiger partial charge on any atom is -0.424 e. The fourth-order valence-corrected chi connectivity index (χ4v) is 4.67. The summed E-state index contributed by atoms with van der Waals surface area (Å²) in [6, 6.07) is 6.91. The second-order valence-electron chi connectivity index (χ2n) is 5.15. The molecule has 4 nitrogen and oxygen atoms in total. The zero-order chi connectivity index (χ0) is 14.2. The lowest BCUT2D eigenvalue weighted by Gasteiger charge is -2.34. The monoisotopic (exact) mass is 317 g/mol. The second kappa shape index (κ2) is 5.36. The molecule has 0 N–H and O–H groups in total. The number of fused-ring (bicyclic) bond motifs is 1. The Hall–Kier alpha value is -1.50. The van der Waals surface area contributed by atoms with Gasteiger partial charge in [-0.25, -0.2) is 0 Å². The molecule has 0 saturated heterocycles. The van der Waals surface area contributed by atoms with Crippen molar-refractivity contribution in [3.8, 4) is 0 Å². The minimum atomic E-state index is 0.312. The van der Waals surface area contributed by atoms with Crippen LogP contribution in [0.5, 0.6) is 0 Å². The molecule has 6 heteroatoms. The van der Waals surface area contributed by atoms with Crippen molar-refractivity contribution >= 4 is 22.7 Å². The van der Waals surface area contributed by atoms with E-state index in [2.05, 4.69) is 44.1 Å². The first-order chi connectivity index (χ1) is 10.3. The number of aromatic nitrogens is 2. The highest BCUT2D eigenvalue weighted by atomic mass is 32.1. The van der Waals surface area contributed by atoms with E-state index in [4.69, 9.17) is 4.42 Å². The van der Waals surface area contributed by atoms with Gasteiger partial charge in [0.2, 0.25) is 11.8 Å². The van der Waals surface area contributed by atoms with E-state index >= 15 is 0 Å². The maximum absolute atomic E-state index is 5.56. The van der Waals surface area contributed by atoms with Gasteiger partial charge in [-0.1, -0.05) is 6.07 Å². The minimum absolute atomic E-state index is 0.312. The fraction of sp³-hybridized carbons (Fsp3) is 0.333. The van der Waals surface area contributed by atoms with E-state index in [1.54, 1.807) is 0 Å². The Balaban J connectivity index is 1.69. The molecule has 0 aliphatic carbocycles. The molecular formula is C15H15N3OS2. The maximum Gasteiger partial charge on any atom is 0.230 e. The standard InChI is InChI=1S/C15H15N3OS2/c1-10-16-17-14(19-10)9-18-6-4-12-11(5-8-21-12)15(18)13-3-2-7-20-13/h2-3,5,7-8,15H,4,6,9H2,1H3/t15-/m0/s1. The van der Waals surface area contributed by atoms with Crippen LogP contribution in [-0.2, 0) is 13.0 Å². The molecule has 0 bridgehead atoms. The lowest BCUT2D eigenvalue weighted by Crippen LogP contribution is -2.34. The molecular weight excluding hydrogens is 302 g/mol. The van der Waals surface area contributed by atoms with Crippen molar-refractivity contribution < 1.29 is 4.42 Å². The molecule has 0 spiro atoms. The maximum atomic E-state index is 5.56. The molecule has 3 aromatic rings. The summed E-state index contributed by atoms with van der Waals surface area (Å²) in [5, 5.41) is 12.4. The van der Waals surface area contributed by atoms with Crippen molar-refractivity contribution in [1.29, 1.82) is 0 Å². The van der Waals surface area contributed by atoms with Crippen molar-refractivity contribution in [2.45, 2.75) is 25.9 Å². The zero-order valence-electron chi connectivity index (χ0n) is 11.7. The molecule has 21 heavy (non-hydrogen) atoms. The van der Waals surface area contributed by atoms with Gasteiger partial charge in [0.05, 0.1) is 12.6 Å². The lowest BCUT2D eigenvalue weighted by atomic mass is 9.98. The predicted molar refractivity (Wildman–Crippen MR) is 83.6 cm³/mol. The van der Waals surface area contributed by atoms with Gasteiger partial charge in [-0.15, -0.1) is 32.9 Å². The van der Waals surface area contributed by atoms with Gasteiger partial charge in [0.15, 0.2) is 0 Å². The van der Waals surface area contributed by atoms with Gasteiger partial charge in [-0.2, -0.15) is 0 Å². The van der Waals surface area contributed by atoms with Crippen LogP contribution in [0, 0.1) is 6.92 Å². The van der Waals surface area contributed by atoms with E-state index in [1.807, 2.05) is 29.6 Å². The van der Waals surface area contributed by atoms with E-state index in [1.165, 1.54) is 15.3 Å². The molecule has 0 amide bonds. The van der Waals surface area contributed by atoms with Gasteiger partial charge in [-0.05, 0) is 34.9 Å². The van der Waals surface area contributed by atoms with Gasteiger partial charge in [0, 0.05) is 23.2 Å². The highest BCUT2D eigenvalue weighted by molar-refractivity contribution is 7.10. The number of rotatable bonds is 3. The third kappa shape index (κ3) is 2.43. The number of nitrogens with zero attached hydrogens (tertiary/aromatic N) is 3. The first-order valence-electron chi connectivity index (χ1n) is 6.94. The average molecular weight is 317 g/mol. The number of hydrogen-bond donors (Lipinski definition) is 0. The Morgan fingerprint density at radius 2 is 2.24 bits per heavy atom. The molecule has 3 aromatic heterocycles. The van der Waals surface area contributed by atoms with E-state index in [0.29, 0.717) is 24.4 Å². The Morgan fingerprint density at radius 3 is 3.00 bits per heavy atom. The van der Waals surface area contributed by atoms with Crippen molar-refractivity contribution in [2.75, 3.05) is 6.54 Å². The molecule has 0 aromatic carbocycles. The predicted octanol–water partition coefficient (Wildman–Crippen LogP) is 3.65. The summed E-state index contributed by atoms with van der Waals surface area (Å²) in [7, 11) is 0. The highest BCUT2D eigenvalue weighted by Crippen LogP contribution is 2.39. The Labute approximate surface area is 131 Å². The van der Waals surface area contributed by atoms with Crippen LogP contribution in [0.4, 0.5) is 0 Å². The summed E-state index contributed by atoms with van der Waals surface area (Å²) >= 11 is 3.68. The number of thiophene rings is 2. The van der Waals surface area contributed by atoms with Gasteiger partial charge in [-0.3, -0.25) is 4.90 Å². The van der Waals surface area contributed by atoms with Gasteiger partial charge in [0.25, 0.3) is 0 Å². The first kappa shape index (κ1) is 13.2. The highest BCUT2D eigenvalue weighted by Gasteiger charge is 2.31. The summed E-state index contributed by atoms with van der Waals surface area (Å²) in [4.78, 5) is 5.32. The van der Waals surface area contributed by atoms with Crippen LogP contribution >= 0.6 is 22.7 Å². The van der Waals surface area contributed by atoms with Gasteiger partial charge < -0.3 is 4.42 Å². The average Bonchev–Trinajstić information content (AvgIpc) is 3.20. The van der Waals surface area contributed by atoms with Crippen LogP contribution in [0.2, 0.25) is 0 Å². The van der Waals surface area contributed by atoms with E-state index < -0.39 is 0 Å². The van der Waals surface area contributed by atoms with Crippen LogP contribution in [0.1, 0.15) is 33.1 Å². The van der Waals surface area contributed by atoms with E-state index in [9.17, 15) is 0 Å². The molecule has 108 valence electrons.